The number of carbonyl (C=O) groups excluding carboxylic acids is 1. The molecule has 0 aliphatic heterocycles. The fourth-order valence-electron chi connectivity index (χ4n) is 2.43. The number of esters is 1. The fraction of sp³-hybridized carbons (Fsp3) is 0.588. The minimum Gasteiger partial charge on any atom is -0.459 e. The first-order valence-electron chi connectivity index (χ1n) is 7.42. The number of nitrogens with two attached hydrogens (primary N) is 1. The first-order valence-corrected chi connectivity index (χ1v) is 7.42. The van der Waals surface area contributed by atoms with Crippen molar-refractivity contribution >= 4 is 5.97 Å². The van der Waals surface area contributed by atoms with Crippen molar-refractivity contribution in [2.24, 2.45) is 5.73 Å². The predicted molar refractivity (Wildman–Crippen MR) is 80.6 cm³/mol. The standard InChI is InChI=1S/C17H25NO2/c1-17(2,3)20-16(19)15(18)11-12-6-4-9-14(10-12)13-7-5-8-13/h4,6,9-10,13,15H,5,7-8,11,18H2,1-3H3/t15-/m0/s1. The first-order chi connectivity index (χ1) is 9.35. The van der Waals surface area contributed by atoms with Gasteiger partial charge in [-0.1, -0.05) is 30.7 Å². The number of benzene rings is 1. The molecule has 1 aromatic carbocycles. The van der Waals surface area contributed by atoms with Gasteiger partial charge in [0.15, 0.2) is 0 Å². The second-order valence-corrected chi connectivity index (χ2v) is 6.72. The number of hydrogen-bond donors (Lipinski definition) is 1. The van der Waals surface area contributed by atoms with E-state index >= 15 is 0 Å². The summed E-state index contributed by atoms with van der Waals surface area (Å²) in [7, 11) is 0. The summed E-state index contributed by atoms with van der Waals surface area (Å²) >= 11 is 0. The van der Waals surface area contributed by atoms with Gasteiger partial charge in [0, 0.05) is 0 Å². The van der Waals surface area contributed by atoms with Crippen LogP contribution in [0.25, 0.3) is 0 Å². The molecule has 0 spiro atoms. The summed E-state index contributed by atoms with van der Waals surface area (Å²) in [5.41, 5.74) is 7.97. The number of ether oxygens (including phenoxy) is 1. The normalized spacial score (nSPS) is 17.4. The average Bonchev–Trinajstić information content (AvgIpc) is 2.24. The van der Waals surface area contributed by atoms with Crippen molar-refractivity contribution < 1.29 is 9.53 Å². The van der Waals surface area contributed by atoms with E-state index in [4.69, 9.17) is 10.5 Å². The van der Waals surface area contributed by atoms with Gasteiger partial charge in [-0.25, -0.2) is 0 Å². The molecule has 0 aromatic heterocycles. The van der Waals surface area contributed by atoms with Crippen molar-refractivity contribution in [3.05, 3.63) is 35.4 Å². The Bertz CT molecular complexity index is 472. The summed E-state index contributed by atoms with van der Waals surface area (Å²) in [6, 6.07) is 7.86. The number of rotatable bonds is 4. The molecule has 20 heavy (non-hydrogen) atoms. The highest BCUT2D eigenvalue weighted by Crippen LogP contribution is 2.36. The Labute approximate surface area is 121 Å². The molecular weight excluding hydrogens is 250 g/mol. The summed E-state index contributed by atoms with van der Waals surface area (Å²) in [4.78, 5) is 11.9. The summed E-state index contributed by atoms with van der Waals surface area (Å²) < 4.78 is 5.32. The van der Waals surface area contributed by atoms with Gasteiger partial charge in [0.2, 0.25) is 0 Å². The van der Waals surface area contributed by atoms with E-state index in [1.165, 1.54) is 24.8 Å². The maximum Gasteiger partial charge on any atom is 0.323 e. The monoisotopic (exact) mass is 275 g/mol. The smallest absolute Gasteiger partial charge is 0.323 e. The fourth-order valence-corrected chi connectivity index (χ4v) is 2.43. The number of hydrogen-bond acceptors (Lipinski definition) is 3. The van der Waals surface area contributed by atoms with E-state index in [-0.39, 0.29) is 5.97 Å². The maximum atomic E-state index is 11.9. The zero-order valence-electron chi connectivity index (χ0n) is 12.7. The van der Waals surface area contributed by atoms with E-state index in [0.29, 0.717) is 12.3 Å². The molecule has 2 N–H and O–H groups in total. The Morgan fingerprint density at radius 1 is 1.40 bits per heavy atom. The largest absolute Gasteiger partial charge is 0.459 e. The minimum absolute atomic E-state index is 0.327. The SMILES string of the molecule is CC(C)(C)OC(=O)[C@@H](N)Cc1cccc(C2CCC2)c1. The molecule has 1 aliphatic carbocycles. The van der Waals surface area contributed by atoms with Gasteiger partial charge in [-0.3, -0.25) is 4.79 Å². The van der Waals surface area contributed by atoms with Gasteiger partial charge in [0.25, 0.3) is 0 Å². The Morgan fingerprint density at radius 2 is 2.10 bits per heavy atom. The highest BCUT2D eigenvalue weighted by atomic mass is 16.6. The van der Waals surface area contributed by atoms with E-state index in [9.17, 15) is 4.79 Å². The van der Waals surface area contributed by atoms with Crippen LogP contribution in [0, 0.1) is 0 Å². The molecule has 1 fully saturated rings. The van der Waals surface area contributed by atoms with Crippen LogP contribution in [0.5, 0.6) is 0 Å². The Hall–Kier alpha value is -1.35. The van der Waals surface area contributed by atoms with Crippen LogP contribution in [-0.4, -0.2) is 17.6 Å². The van der Waals surface area contributed by atoms with Crippen molar-refractivity contribution in [3.63, 3.8) is 0 Å². The van der Waals surface area contributed by atoms with Gasteiger partial charge in [0.05, 0.1) is 0 Å². The molecular formula is C17H25NO2. The van der Waals surface area contributed by atoms with Crippen LogP contribution < -0.4 is 5.73 Å². The molecule has 1 saturated carbocycles. The molecule has 110 valence electrons. The van der Waals surface area contributed by atoms with Crippen molar-refractivity contribution in [3.8, 4) is 0 Å². The lowest BCUT2D eigenvalue weighted by molar-refractivity contribution is -0.156. The zero-order valence-corrected chi connectivity index (χ0v) is 12.7. The summed E-state index contributed by atoms with van der Waals surface area (Å²) in [5, 5.41) is 0. The van der Waals surface area contributed by atoms with Crippen LogP contribution in [0.3, 0.4) is 0 Å². The van der Waals surface area contributed by atoms with E-state index in [0.717, 1.165) is 5.56 Å². The van der Waals surface area contributed by atoms with E-state index in [1.807, 2.05) is 26.8 Å². The van der Waals surface area contributed by atoms with Gasteiger partial charge >= 0.3 is 5.97 Å². The van der Waals surface area contributed by atoms with Crippen molar-refractivity contribution in [2.45, 2.75) is 64.0 Å². The molecule has 0 unspecified atom stereocenters. The van der Waals surface area contributed by atoms with E-state index in [2.05, 4.69) is 18.2 Å². The molecule has 3 nitrogen and oxygen atoms in total. The maximum absolute atomic E-state index is 11.9. The quantitative estimate of drug-likeness (QED) is 0.859. The van der Waals surface area contributed by atoms with Crippen molar-refractivity contribution in [1.29, 1.82) is 0 Å². The Balaban J connectivity index is 1.96. The van der Waals surface area contributed by atoms with Crippen LogP contribution in [-0.2, 0) is 16.0 Å². The highest BCUT2D eigenvalue weighted by molar-refractivity contribution is 5.76. The van der Waals surface area contributed by atoms with Gasteiger partial charge in [0.1, 0.15) is 11.6 Å². The molecule has 0 radical (unpaired) electrons. The van der Waals surface area contributed by atoms with Crippen LogP contribution in [0.15, 0.2) is 24.3 Å². The lowest BCUT2D eigenvalue weighted by atomic mass is 9.79. The van der Waals surface area contributed by atoms with Gasteiger partial charge in [-0.2, -0.15) is 0 Å². The zero-order chi connectivity index (χ0) is 14.8. The van der Waals surface area contributed by atoms with E-state index < -0.39 is 11.6 Å². The van der Waals surface area contributed by atoms with Gasteiger partial charge in [-0.05, 0) is 57.1 Å². The lowest BCUT2D eigenvalue weighted by Crippen LogP contribution is -2.38. The molecule has 0 amide bonds. The summed E-state index contributed by atoms with van der Waals surface area (Å²) in [6.45, 7) is 5.57. The lowest BCUT2D eigenvalue weighted by Gasteiger charge is -2.26. The predicted octanol–water partition coefficient (Wildman–Crippen LogP) is 3.17. The average molecular weight is 275 g/mol. The van der Waals surface area contributed by atoms with Crippen LogP contribution in [0.4, 0.5) is 0 Å². The highest BCUT2D eigenvalue weighted by Gasteiger charge is 2.23. The van der Waals surface area contributed by atoms with Crippen LogP contribution >= 0.6 is 0 Å². The Morgan fingerprint density at radius 3 is 2.65 bits per heavy atom. The molecule has 3 heteroatoms. The van der Waals surface area contributed by atoms with Crippen LogP contribution in [0.1, 0.15) is 57.1 Å². The van der Waals surface area contributed by atoms with Crippen molar-refractivity contribution in [1.82, 2.24) is 0 Å². The van der Waals surface area contributed by atoms with E-state index in [1.54, 1.807) is 0 Å². The molecule has 1 atom stereocenters. The molecule has 0 bridgehead atoms. The van der Waals surface area contributed by atoms with Crippen molar-refractivity contribution in [2.75, 3.05) is 0 Å². The van der Waals surface area contributed by atoms with Gasteiger partial charge in [-0.15, -0.1) is 0 Å². The number of carbonyl (C=O) groups is 1. The molecule has 0 saturated heterocycles. The molecule has 1 aromatic rings. The molecule has 0 heterocycles. The third kappa shape index (κ3) is 4.07. The second-order valence-electron chi connectivity index (χ2n) is 6.72. The third-order valence-electron chi connectivity index (χ3n) is 3.69. The minimum atomic E-state index is -0.592. The van der Waals surface area contributed by atoms with Crippen LogP contribution in [0.2, 0.25) is 0 Å². The Kier molecular flexibility index (Phi) is 4.48. The topological polar surface area (TPSA) is 52.3 Å². The summed E-state index contributed by atoms with van der Waals surface area (Å²) in [6.07, 6.45) is 4.42. The molecule has 1 aliphatic rings. The summed E-state index contributed by atoms with van der Waals surface area (Å²) in [5.74, 6) is 0.374. The third-order valence-corrected chi connectivity index (χ3v) is 3.69. The second kappa shape index (κ2) is 5.96. The first kappa shape index (κ1) is 15.0. The molecule has 2 rings (SSSR count). The van der Waals surface area contributed by atoms with Gasteiger partial charge < -0.3 is 10.5 Å².